The number of benzene rings is 1. The van der Waals surface area contributed by atoms with E-state index in [1.807, 2.05) is 37.3 Å². The van der Waals surface area contributed by atoms with Gasteiger partial charge in [-0.15, -0.1) is 0 Å². The molecule has 0 aliphatic carbocycles. The summed E-state index contributed by atoms with van der Waals surface area (Å²) in [7, 11) is 0. The molecule has 0 bridgehead atoms. The molecule has 5 nitrogen and oxygen atoms in total. The summed E-state index contributed by atoms with van der Waals surface area (Å²) < 4.78 is 10.7. The molecule has 122 valence electrons. The van der Waals surface area contributed by atoms with Crippen molar-refractivity contribution < 1.29 is 14.1 Å². The van der Waals surface area contributed by atoms with E-state index in [4.69, 9.17) is 9.26 Å². The summed E-state index contributed by atoms with van der Waals surface area (Å²) in [5.41, 5.74) is 2.01. The van der Waals surface area contributed by atoms with Crippen LogP contribution in [-0.2, 0) is 16.1 Å². The highest BCUT2D eigenvalue weighted by atomic mass is 16.5. The second-order valence-corrected chi connectivity index (χ2v) is 5.78. The molecular weight excluding hydrogens is 292 g/mol. The lowest BCUT2D eigenvalue weighted by molar-refractivity contribution is -0.151. The molecule has 3 rings (SSSR count). The SMILES string of the molecule is CCOC(=O)[C@@H]1CCCCN1Cc1cnoc1-c1ccccc1. The highest BCUT2D eigenvalue weighted by molar-refractivity contribution is 5.76. The number of hydrogen-bond donors (Lipinski definition) is 0. The van der Waals surface area contributed by atoms with Gasteiger partial charge in [-0.05, 0) is 26.3 Å². The number of likely N-dealkylation sites (tertiary alicyclic amines) is 1. The standard InChI is InChI=1S/C18H22N2O3/c1-2-22-18(21)16-10-6-7-11-20(16)13-15-12-19-23-17(15)14-8-4-3-5-9-14/h3-5,8-9,12,16H,2,6-7,10-11,13H2,1H3/t16-/m0/s1. The van der Waals surface area contributed by atoms with Crippen molar-refractivity contribution in [2.45, 2.75) is 38.8 Å². The zero-order valence-corrected chi connectivity index (χ0v) is 13.4. The van der Waals surface area contributed by atoms with Gasteiger partial charge in [0.25, 0.3) is 0 Å². The van der Waals surface area contributed by atoms with E-state index < -0.39 is 0 Å². The lowest BCUT2D eigenvalue weighted by atomic mass is 10.0. The summed E-state index contributed by atoms with van der Waals surface area (Å²) in [5, 5.41) is 3.95. The topological polar surface area (TPSA) is 55.6 Å². The first kappa shape index (κ1) is 15.7. The Morgan fingerprint density at radius 2 is 2.17 bits per heavy atom. The Bertz CT molecular complexity index is 639. The summed E-state index contributed by atoms with van der Waals surface area (Å²) in [5.74, 6) is 0.656. The molecule has 1 aromatic heterocycles. The molecule has 2 aromatic rings. The van der Waals surface area contributed by atoms with Crippen LogP contribution in [0, 0.1) is 0 Å². The van der Waals surface area contributed by atoms with Crippen molar-refractivity contribution in [1.82, 2.24) is 10.1 Å². The van der Waals surface area contributed by atoms with Gasteiger partial charge in [0.15, 0.2) is 5.76 Å². The summed E-state index contributed by atoms with van der Waals surface area (Å²) in [6.45, 7) is 3.81. The molecule has 1 aliphatic heterocycles. The number of ether oxygens (including phenoxy) is 1. The number of nitrogens with zero attached hydrogens (tertiary/aromatic N) is 2. The molecule has 0 radical (unpaired) electrons. The Hall–Kier alpha value is -2.14. The summed E-state index contributed by atoms with van der Waals surface area (Å²) in [6.07, 6.45) is 4.76. The average molecular weight is 314 g/mol. The Morgan fingerprint density at radius 1 is 1.35 bits per heavy atom. The minimum absolute atomic E-state index is 0.120. The van der Waals surface area contributed by atoms with Crippen molar-refractivity contribution in [1.29, 1.82) is 0 Å². The quantitative estimate of drug-likeness (QED) is 0.793. The van der Waals surface area contributed by atoms with Gasteiger partial charge in [-0.3, -0.25) is 9.69 Å². The first-order chi connectivity index (χ1) is 11.3. The van der Waals surface area contributed by atoms with Gasteiger partial charge in [-0.2, -0.15) is 0 Å². The van der Waals surface area contributed by atoms with Crippen molar-refractivity contribution in [2.24, 2.45) is 0 Å². The molecule has 1 atom stereocenters. The number of carbonyl (C=O) groups is 1. The predicted molar refractivity (Wildman–Crippen MR) is 86.6 cm³/mol. The summed E-state index contributed by atoms with van der Waals surface area (Å²) in [4.78, 5) is 14.4. The molecular formula is C18H22N2O3. The van der Waals surface area contributed by atoms with E-state index in [1.165, 1.54) is 0 Å². The smallest absolute Gasteiger partial charge is 0.323 e. The van der Waals surface area contributed by atoms with E-state index in [0.29, 0.717) is 13.2 Å². The lowest BCUT2D eigenvalue weighted by Crippen LogP contribution is -2.44. The van der Waals surface area contributed by atoms with E-state index in [0.717, 1.165) is 42.7 Å². The predicted octanol–water partition coefficient (Wildman–Crippen LogP) is 3.26. The molecule has 1 aromatic carbocycles. The van der Waals surface area contributed by atoms with Crippen LogP contribution >= 0.6 is 0 Å². The lowest BCUT2D eigenvalue weighted by Gasteiger charge is -2.33. The van der Waals surface area contributed by atoms with Crippen LogP contribution in [0.15, 0.2) is 41.1 Å². The fraction of sp³-hybridized carbons (Fsp3) is 0.444. The van der Waals surface area contributed by atoms with Crippen LogP contribution in [0.1, 0.15) is 31.7 Å². The molecule has 2 heterocycles. The highest BCUT2D eigenvalue weighted by Gasteiger charge is 2.30. The largest absolute Gasteiger partial charge is 0.465 e. The van der Waals surface area contributed by atoms with Crippen molar-refractivity contribution in [3.05, 3.63) is 42.1 Å². The van der Waals surface area contributed by atoms with Crippen molar-refractivity contribution in [3.63, 3.8) is 0 Å². The van der Waals surface area contributed by atoms with Gasteiger partial charge in [0.05, 0.1) is 12.8 Å². The number of carbonyl (C=O) groups excluding carboxylic acids is 1. The van der Waals surface area contributed by atoms with Gasteiger partial charge < -0.3 is 9.26 Å². The zero-order valence-electron chi connectivity index (χ0n) is 13.4. The van der Waals surface area contributed by atoms with E-state index >= 15 is 0 Å². The fourth-order valence-corrected chi connectivity index (χ4v) is 3.10. The number of hydrogen-bond acceptors (Lipinski definition) is 5. The summed E-state index contributed by atoms with van der Waals surface area (Å²) >= 11 is 0. The molecule has 1 saturated heterocycles. The Balaban J connectivity index is 1.78. The van der Waals surface area contributed by atoms with Gasteiger partial charge >= 0.3 is 5.97 Å². The fourth-order valence-electron chi connectivity index (χ4n) is 3.10. The third kappa shape index (κ3) is 3.62. The average Bonchev–Trinajstić information content (AvgIpc) is 3.04. The van der Waals surface area contributed by atoms with Crippen molar-refractivity contribution in [3.8, 4) is 11.3 Å². The molecule has 0 spiro atoms. The number of rotatable bonds is 5. The molecule has 0 amide bonds. The maximum absolute atomic E-state index is 12.2. The van der Waals surface area contributed by atoms with Crippen molar-refractivity contribution in [2.75, 3.05) is 13.2 Å². The normalized spacial score (nSPS) is 18.7. The number of piperidine rings is 1. The summed E-state index contributed by atoms with van der Waals surface area (Å²) in [6, 6.07) is 9.77. The van der Waals surface area contributed by atoms with Crippen molar-refractivity contribution >= 4 is 5.97 Å². The number of aromatic nitrogens is 1. The molecule has 1 fully saturated rings. The van der Waals surface area contributed by atoms with Crippen LogP contribution in [0.3, 0.4) is 0 Å². The third-order valence-corrected chi connectivity index (χ3v) is 4.23. The van der Waals surface area contributed by atoms with Gasteiger partial charge in [0, 0.05) is 17.7 Å². The number of esters is 1. The Labute approximate surface area is 136 Å². The van der Waals surface area contributed by atoms with Crippen LogP contribution < -0.4 is 0 Å². The van der Waals surface area contributed by atoms with Gasteiger partial charge in [-0.25, -0.2) is 0 Å². The van der Waals surface area contributed by atoms with Gasteiger partial charge in [0.2, 0.25) is 0 Å². The second-order valence-electron chi connectivity index (χ2n) is 5.78. The van der Waals surface area contributed by atoms with Crippen LogP contribution in [-0.4, -0.2) is 35.2 Å². The molecule has 0 N–H and O–H groups in total. The van der Waals surface area contributed by atoms with Crippen LogP contribution in [0.25, 0.3) is 11.3 Å². The molecule has 0 saturated carbocycles. The van der Waals surface area contributed by atoms with Crippen LogP contribution in [0.5, 0.6) is 0 Å². The monoisotopic (exact) mass is 314 g/mol. The highest BCUT2D eigenvalue weighted by Crippen LogP contribution is 2.27. The molecule has 5 heteroatoms. The maximum Gasteiger partial charge on any atom is 0.323 e. The first-order valence-electron chi connectivity index (χ1n) is 8.19. The minimum Gasteiger partial charge on any atom is -0.465 e. The maximum atomic E-state index is 12.2. The van der Waals surface area contributed by atoms with E-state index in [1.54, 1.807) is 6.20 Å². The molecule has 0 unspecified atom stereocenters. The Kier molecular flexibility index (Phi) is 5.08. The third-order valence-electron chi connectivity index (χ3n) is 4.23. The van der Waals surface area contributed by atoms with E-state index in [9.17, 15) is 4.79 Å². The van der Waals surface area contributed by atoms with Gasteiger partial charge in [-0.1, -0.05) is 41.9 Å². The zero-order chi connectivity index (χ0) is 16.1. The molecule has 23 heavy (non-hydrogen) atoms. The first-order valence-corrected chi connectivity index (χ1v) is 8.19. The van der Waals surface area contributed by atoms with E-state index in [-0.39, 0.29) is 12.0 Å². The second kappa shape index (κ2) is 7.42. The van der Waals surface area contributed by atoms with Gasteiger partial charge in [0.1, 0.15) is 6.04 Å². The van der Waals surface area contributed by atoms with E-state index in [2.05, 4.69) is 10.1 Å². The van der Waals surface area contributed by atoms with Crippen LogP contribution in [0.4, 0.5) is 0 Å². The Morgan fingerprint density at radius 3 is 2.96 bits per heavy atom. The van der Waals surface area contributed by atoms with Crippen LogP contribution in [0.2, 0.25) is 0 Å². The molecule has 1 aliphatic rings. The minimum atomic E-state index is -0.165.